The number of hydrogen-bond donors (Lipinski definition) is 4. The van der Waals surface area contributed by atoms with E-state index in [4.69, 9.17) is 5.73 Å². The van der Waals surface area contributed by atoms with Gasteiger partial charge in [0, 0.05) is 35.4 Å². The highest BCUT2D eigenvalue weighted by Gasteiger charge is 2.63. The maximum absolute atomic E-state index is 13.9. The van der Waals surface area contributed by atoms with Gasteiger partial charge in [-0.2, -0.15) is 0 Å². The van der Waals surface area contributed by atoms with Crippen molar-refractivity contribution in [2.75, 3.05) is 14.1 Å². The number of nitrogens with zero attached hydrogens (tertiary/aromatic N) is 3. The second kappa shape index (κ2) is 8.57. The van der Waals surface area contributed by atoms with Gasteiger partial charge in [-0.1, -0.05) is 12.1 Å². The minimum atomic E-state index is -2.70. The molecule has 5 rings (SSSR count). The molecule has 3 aliphatic rings. The summed E-state index contributed by atoms with van der Waals surface area (Å²) in [6, 6.07) is 5.42. The average Bonchev–Trinajstić information content (AvgIpc) is 2.86. The van der Waals surface area contributed by atoms with Crippen LogP contribution in [0.25, 0.3) is 17.0 Å². The standard InChI is InChI=1S/C26H24N4O8/c1-29(2)17-10-14(25(27)35)23(33)26(36)15(17)8-11-7-13-12(16-5-3-4-6-28-16)9-18(30(37)38)21(31)20(13)22(32)19(11)24(26)34/h3-6,9-11,15,17,31-32,36H,7-8H2,1-2H3,(H2,27,35)/t11-,15-,17+,26+/m0/s1. The highest BCUT2D eigenvalue weighted by Crippen LogP contribution is 2.53. The van der Waals surface area contributed by atoms with Crippen LogP contribution in [0.2, 0.25) is 0 Å². The van der Waals surface area contributed by atoms with E-state index in [0.29, 0.717) is 16.8 Å². The molecule has 0 aliphatic heterocycles. The molecule has 1 amide bonds. The van der Waals surface area contributed by atoms with Crippen molar-refractivity contribution in [2.24, 2.45) is 17.6 Å². The van der Waals surface area contributed by atoms with Gasteiger partial charge in [0.1, 0.15) is 5.76 Å². The number of nitro benzene ring substituents is 1. The van der Waals surface area contributed by atoms with Crippen molar-refractivity contribution in [1.82, 2.24) is 9.88 Å². The molecule has 1 fully saturated rings. The lowest BCUT2D eigenvalue weighted by molar-refractivity contribution is -0.385. The molecule has 0 radical (unpaired) electrons. The molecule has 0 saturated heterocycles. The Balaban J connectivity index is 1.77. The van der Waals surface area contributed by atoms with E-state index in [9.17, 15) is 39.8 Å². The number of benzene rings is 1. The van der Waals surface area contributed by atoms with E-state index in [1.54, 1.807) is 37.2 Å². The number of carbonyl (C=O) groups excluding carboxylic acids is 3. The number of fused-ring (bicyclic) bond motifs is 3. The van der Waals surface area contributed by atoms with Gasteiger partial charge in [-0.3, -0.25) is 29.5 Å². The van der Waals surface area contributed by atoms with Gasteiger partial charge < -0.3 is 26.0 Å². The lowest BCUT2D eigenvalue weighted by Crippen LogP contribution is -2.65. The third-order valence-corrected chi connectivity index (χ3v) is 7.74. The zero-order valence-corrected chi connectivity index (χ0v) is 20.4. The van der Waals surface area contributed by atoms with Crippen LogP contribution in [-0.2, 0) is 20.8 Å². The Morgan fingerprint density at radius 2 is 1.95 bits per heavy atom. The number of amides is 1. The molecule has 3 aliphatic carbocycles. The number of carbonyl (C=O) groups is 3. The van der Waals surface area contributed by atoms with Gasteiger partial charge in [-0.05, 0) is 50.6 Å². The van der Waals surface area contributed by atoms with Crippen molar-refractivity contribution >= 4 is 28.9 Å². The van der Waals surface area contributed by atoms with Crippen molar-refractivity contribution in [3.05, 3.63) is 68.9 Å². The first-order chi connectivity index (χ1) is 17.9. The maximum atomic E-state index is 13.9. The van der Waals surface area contributed by atoms with Crippen molar-refractivity contribution < 1.29 is 34.6 Å². The van der Waals surface area contributed by atoms with Crippen LogP contribution in [0.15, 0.2) is 47.7 Å². The molecule has 38 heavy (non-hydrogen) atoms. The minimum absolute atomic E-state index is 0.0532. The fourth-order valence-electron chi connectivity index (χ4n) is 6.01. The normalized spacial score (nSPS) is 26.4. The summed E-state index contributed by atoms with van der Waals surface area (Å²) in [7, 11) is 3.33. The number of nitro groups is 1. The van der Waals surface area contributed by atoms with Crippen LogP contribution in [0.5, 0.6) is 5.75 Å². The number of aromatic hydroxyl groups is 1. The summed E-state index contributed by atoms with van der Waals surface area (Å²) in [5.41, 5.74) is 1.75. The number of aliphatic hydroxyl groups is 2. The zero-order valence-electron chi connectivity index (χ0n) is 20.4. The molecule has 0 spiro atoms. The first-order valence-electron chi connectivity index (χ1n) is 11.8. The first kappa shape index (κ1) is 25.2. The van der Waals surface area contributed by atoms with E-state index in [2.05, 4.69) is 4.98 Å². The number of hydrogen-bond acceptors (Lipinski definition) is 10. The van der Waals surface area contributed by atoms with E-state index in [0.717, 1.165) is 0 Å². The number of nitrogens with two attached hydrogens (primary N) is 1. The molecular weight excluding hydrogens is 496 g/mol. The van der Waals surface area contributed by atoms with E-state index in [-0.39, 0.29) is 24.0 Å². The van der Waals surface area contributed by atoms with E-state index in [1.807, 2.05) is 0 Å². The van der Waals surface area contributed by atoms with Crippen LogP contribution in [0.1, 0.15) is 17.5 Å². The van der Waals surface area contributed by atoms with Gasteiger partial charge in [0.05, 0.1) is 21.8 Å². The zero-order chi connectivity index (χ0) is 27.7. The molecule has 1 aromatic carbocycles. The molecule has 4 atom stereocenters. The number of aliphatic hydroxyl groups excluding tert-OH is 1. The number of phenolic OH excluding ortho intramolecular Hbond substituents is 1. The van der Waals surface area contributed by atoms with Crippen LogP contribution in [0.3, 0.4) is 0 Å². The van der Waals surface area contributed by atoms with Gasteiger partial charge in [0.15, 0.2) is 5.60 Å². The molecule has 196 valence electrons. The monoisotopic (exact) mass is 520 g/mol. The molecule has 12 nitrogen and oxygen atoms in total. The minimum Gasteiger partial charge on any atom is -0.507 e. The predicted molar refractivity (Wildman–Crippen MR) is 133 cm³/mol. The van der Waals surface area contributed by atoms with Crippen molar-refractivity contribution in [2.45, 2.75) is 24.5 Å². The number of ketones is 2. The average molecular weight is 520 g/mol. The molecule has 1 aromatic heterocycles. The highest BCUT2D eigenvalue weighted by atomic mass is 16.6. The van der Waals surface area contributed by atoms with Crippen molar-refractivity contribution in [1.29, 1.82) is 0 Å². The Bertz CT molecular complexity index is 1500. The van der Waals surface area contributed by atoms with Crippen molar-refractivity contribution in [3.63, 3.8) is 0 Å². The second-order valence-electron chi connectivity index (χ2n) is 9.95. The van der Waals surface area contributed by atoms with Gasteiger partial charge in [0.25, 0.3) is 5.91 Å². The SMILES string of the molecule is CN(C)[C@@H]1C=C(C(N)=O)C(=O)[C@@]2(O)C(=O)C3=C(O)c4c(O)c([N+](=O)[O-])cc(-c5ccccn5)c4C[C@H]3C[C@@H]12. The molecule has 1 heterocycles. The number of rotatable bonds is 4. The smallest absolute Gasteiger partial charge is 0.312 e. The second-order valence-corrected chi connectivity index (χ2v) is 9.95. The van der Waals surface area contributed by atoms with Crippen LogP contribution >= 0.6 is 0 Å². The molecule has 1 saturated carbocycles. The number of Topliss-reactive ketones (excluding diaryl/α,β-unsaturated/α-hetero) is 2. The highest BCUT2D eigenvalue weighted by molar-refractivity contribution is 6.32. The van der Waals surface area contributed by atoms with E-state index in [1.165, 1.54) is 18.3 Å². The topological polar surface area (TPSA) is 197 Å². The molecule has 5 N–H and O–H groups in total. The summed E-state index contributed by atoms with van der Waals surface area (Å²) >= 11 is 0. The summed E-state index contributed by atoms with van der Waals surface area (Å²) in [5.74, 6) is -6.71. The largest absolute Gasteiger partial charge is 0.507 e. The van der Waals surface area contributed by atoms with Gasteiger partial charge in [-0.25, -0.2) is 0 Å². The fourth-order valence-corrected chi connectivity index (χ4v) is 6.01. The molecule has 2 aromatic rings. The van der Waals surface area contributed by atoms with Crippen LogP contribution < -0.4 is 5.73 Å². The van der Waals surface area contributed by atoms with Crippen LogP contribution in [-0.4, -0.2) is 73.3 Å². The summed E-state index contributed by atoms with van der Waals surface area (Å²) in [5, 5.41) is 45.5. The Morgan fingerprint density at radius 3 is 2.53 bits per heavy atom. The molecule has 0 unspecified atom stereocenters. The number of aromatic nitrogens is 1. The summed E-state index contributed by atoms with van der Waals surface area (Å²) in [6.07, 6.45) is 2.95. The number of pyridine rings is 1. The van der Waals surface area contributed by atoms with Crippen molar-refractivity contribution in [3.8, 4) is 17.0 Å². The Hall–Kier alpha value is -4.42. The van der Waals surface area contributed by atoms with Gasteiger partial charge in [-0.15, -0.1) is 0 Å². The number of primary amides is 1. The van der Waals surface area contributed by atoms with E-state index >= 15 is 0 Å². The van der Waals surface area contributed by atoms with E-state index < -0.39 is 68.6 Å². The third kappa shape index (κ3) is 3.37. The first-order valence-corrected chi connectivity index (χ1v) is 11.8. The number of phenols is 1. The Morgan fingerprint density at radius 1 is 1.24 bits per heavy atom. The van der Waals surface area contributed by atoms with Crippen LogP contribution in [0, 0.1) is 22.0 Å². The molecule has 0 bridgehead atoms. The molecular formula is C26H24N4O8. The Labute approximate surface area is 215 Å². The summed E-state index contributed by atoms with van der Waals surface area (Å²) < 4.78 is 0. The lowest BCUT2D eigenvalue weighted by Gasteiger charge is -2.49. The van der Waals surface area contributed by atoms with Gasteiger partial charge >= 0.3 is 5.69 Å². The Kier molecular flexibility index (Phi) is 5.69. The number of likely N-dealkylation sites (N-methyl/N-ethyl adjacent to an activating group) is 1. The third-order valence-electron chi connectivity index (χ3n) is 7.74. The quantitative estimate of drug-likeness (QED) is 0.196. The van der Waals surface area contributed by atoms with Crippen LogP contribution in [0.4, 0.5) is 5.69 Å². The fraction of sp³-hybridized carbons (Fsp3) is 0.308. The maximum Gasteiger partial charge on any atom is 0.312 e. The molecule has 12 heteroatoms. The van der Waals surface area contributed by atoms with Gasteiger partial charge in [0.2, 0.25) is 17.3 Å². The lowest BCUT2D eigenvalue weighted by atomic mass is 9.57. The summed E-state index contributed by atoms with van der Waals surface area (Å²) in [4.78, 5) is 56.0. The predicted octanol–water partition coefficient (Wildman–Crippen LogP) is 1.05. The summed E-state index contributed by atoms with van der Waals surface area (Å²) in [6.45, 7) is 0.